The lowest BCUT2D eigenvalue weighted by Gasteiger charge is -2.32. The molecule has 0 amide bonds. The summed E-state index contributed by atoms with van der Waals surface area (Å²) in [6.45, 7) is 8.29. The topological polar surface area (TPSA) is 29.1 Å². The van der Waals surface area contributed by atoms with E-state index in [0.717, 1.165) is 12.8 Å². The zero-order valence-corrected chi connectivity index (χ0v) is 10.1. The average Bonchev–Trinajstić information content (AvgIpc) is 2.50. The van der Waals surface area contributed by atoms with Gasteiger partial charge in [0.25, 0.3) is 0 Å². The van der Waals surface area contributed by atoms with Crippen molar-refractivity contribution in [3.05, 3.63) is 0 Å². The van der Waals surface area contributed by atoms with E-state index in [4.69, 9.17) is 0 Å². The van der Waals surface area contributed by atoms with Crippen molar-refractivity contribution in [2.24, 2.45) is 11.3 Å². The second-order valence-corrected chi connectivity index (χ2v) is 5.53. The summed E-state index contributed by atoms with van der Waals surface area (Å²) >= 11 is 0. The summed E-state index contributed by atoms with van der Waals surface area (Å²) in [5.41, 5.74) is 0.103. The highest BCUT2D eigenvalue weighted by Gasteiger charge is 2.43. The van der Waals surface area contributed by atoms with E-state index in [1.54, 1.807) is 6.92 Å². The van der Waals surface area contributed by atoms with Crippen LogP contribution in [-0.4, -0.2) is 18.4 Å². The van der Waals surface area contributed by atoms with E-state index in [-0.39, 0.29) is 11.0 Å². The fourth-order valence-electron chi connectivity index (χ4n) is 2.38. The maximum atomic E-state index is 11.5. The van der Waals surface area contributed by atoms with Gasteiger partial charge in [0.15, 0.2) is 0 Å². The maximum absolute atomic E-state index is 11.5. The first-order chi connectivity index (χ1) is 6.32. The predicted octanol–water partition coefficient (Wildman–Crippen LogP) is 2.38. The normalized spacial score (nSPS) is 33.4. The molecule has 2 unspecified atom stereocenters. The Hall–Kier alpha value is -0.370. The van der Waals surface area contributed by atoms with Gasteiger partial charge in [0, 0.05) is 11.0 Å². The Kier molecular flexibility index (Phi) is 3.05. The van der Waals surface area contributed by atoms with Crippen LogP contribution in [0.3, 0.4) is 0 Å². The van der Waals surface area contributed by atoms with Gasteiger partial charge in [-0.2, -0.15) is 0 Å². The highest BCUT2D eigenvalue weighted by atomic mass is 16.1. The third-order valence-electron chi connectivity index (χ3n) is 4.26. The first-order valence-corrected chi connectivity index (χ1v) is 5.52. The molecule has 0 bridgehead atoms. The highest BCUT2D eigenvalue weighted by molar-refractivity contribution is 5.82. The van der Waals surface area contributed by atoms with Crippen molar-refractivity contribution in [2.75, 3.05) is 7.05 Å². The fraction of sp³-hybridized carbons (Fsp3) is 0.917. The third kappa shape index (κ3) is 2.00. The largest absolute Gasteiger partial charge is 0.315 e. The van der Waals surface area contributed by atoms with Crippen molar-refractivity contribution in [1.82, 2.24) is 5.32 Å². The SMILES string of the molecule is CNC(C)(C)C1CCC(C)(C(C)=O)C1. The Morgan fingerprint density at radius 2 is 2.07 bits per heavy atom. The predicted molar refractivity (Wildman–Crippen MR) is 59.3 cm³/mol. The Morgan fingerprint density at radius 3 is 2.43 bits per heavy atom. The van der Waals surface area contributed by atoms with Gasteiger partial charge >= 0.3 is 0 Å². The van der Waals surface area contributed by atoms with Gasteiger partial charge in [0.1, 0.15) is 5.78 Å². The van der Waals surface area contributed by atoms with E-state index in [1.165, 1.54) is 6.42 Å². The van der Waals surface area contributed by atoms with E-state index in [1.807, 2.05) is 7.05 Å². The molecule has 82 valence electrons. The summed E-state index contributed by atoms with van der Waals surface area (Å²) in [5.74, 6) is 0.980. The van der Waals surface area contributed by atoms with Crippen LogP contribution in [0.1, 0.15) is 47.0 Å². The fourth-order valence-corrected chi connectivity index (χ4v) is 2.38. The summed E-state index contributed by atoms with van der Waals surface area (Å²) in [6, 6.07) is 0. The monoisotopic (exact) mass is 197 g/mol. The van der Waals surface area contributed by atoms with Crippen molar-refractivity contribution in [3.8, 4) is 0 Å². The second-order valence-electron chi connectivity index (χ2n) is 5.53. The lowest BCUT2D eigenvalue weighted by Crippen LogP contribution is -2.43. The van der Waals surface area contributed by atoms with Gasteiger partial charge in [0.2, 0.25) is 0 Å². The molecule has 2 nitrogen and oxygen atoms in total. The van der Waals surface area contributed by atoms with Crippen LogP contribution in [0.4, 0.5) is 0 Å². The van der Waals surface area contributed by atoms with Crippen molar-refractivity contribution in [1.29, 1.82) is 0 Å². The number of hydrogen-bond acceptors (Lipinski definition) is 2. The molecule has 0 saturated heterocycles. The van der Waals surface area contributed by atoms with Crippen molar-refractivity contribution < 1.29 is 4.79 Å². The van der Waals surface area contributed by atoms with E-state index < -0.39 is 0 Å². The molecule has 2 heteroatoms. The molecule has 0 spiro atoms. The number of ketones is 1. The standard InChI is InChI=1S/C12H23NO/c1-9(14)12(4)7-6-10(8-12)11(2,3)13-5/h10,13H,6-8H2,1-5H3. The number of carbonyl (C=O) groups excluding carboxylic acids is 1. The molecule has 1 aliphatic rings. The van der Waals surface area contributed by atoms with E-state index in [0.29, 0.717) is 11.7 Å². The number of rotatable bonds is 3. The van der Waals surface area contributed by atoms with Crippen LogP contribution < -0.4 is 5.32 Å². The smallest absolute Gasteiger partial charge is 0.135 e. The lowest BCUT2D eigenvalue weighted by molar-refractivity contribution is -0.125. The summed E-state index contributed by atoms with van der Waals surface area (Å²) in [7, 11) is 2.00. The summed E-state index contributed by atoms with van der Waals surface area (Å²) in [5, 5.41) is 3.35. The quantitative estimate of drug-likeness (QED) is 0.752. The lowest BCUT2D eigenvalue weighted by atomic mass is 9.80. The average molecular weight is 197 g/mol. The Balaban J connectivity index is 2.70. The number of Topliss-reactive ketones (excluding diaryl/α,β-unsaturated/α-hetero) is 1. The Labute approximate surface area is 87.5 Å². The molecule has 14 heavy (non-hydrogen) atoms. The summed E-state index contributed by atoms with van der Waals surface area (Å²) in [6.07, 6.45) is 3.26. The minimum absolute atomic E-state index is 0.0568. The van der Waals surface area contributed by atoms with Gasteiger partial charge in [-0.25, -0.2) is 0 Å². The molecule has 1 aliphatic carbocycles. The minimum atomic E-state index is -0.0568. The van der Waals surface area contributed by atoms with Gasteiger partial charge < -0.3 is 5.32 Å². The zero-order valence-electron chi connectivity index (χ0n) is 10.1. The molecule has 1 N–H and O–H groups in total. The third-order valence-corrected chi connectivity index (χ3v) is 4.26. The van der Waals surface area contributed by atoms with Crippen LogP contribution >= 0.6 is 0 Å². The van der Waals surface area contributed by atoms with Crippen LogP contribution in [0.2, 0.25) is 0 Å². The summed E-state index contributed by atoms with van der Waals surface area (Å²) < 4.78 is 0. The van der Waals surface area contributed by atoms with Crippen LogP contribution in [0.15, 0.2) is 0 Å². The van der Waals surface area contributed by atoms with Crippen molar-refractivity contribution in [2.45, 2.75) is 52.5 Å². The van der Waals surface area contributed by atoms with E-state index in [9.17, 15) is 4.79 Å². The molecular weight excluding hydrogens is 174 g/mol. The van der Waals surface area contributed by atoms with Gasteiger partial charge in [-0.05, 0) is 53.0 Å². The molecule has 1 fully saturated rings. The van der Waals surface area contributed by atoms with Crippen LogP contribution in [0, 0.1) is 11.3 Å². The van der Waals surface area contributed by atoms with Crippen molar-refractivity contribution in [3.63, 3.8) is 0 Å². The molecule has 2 atom stereocenters. The highest BCUT2D eigenvalue weighted by Crippen LogP contribution is 2.46. The van der Waals surface area contributed by atoms with Gasteiger partial charge in [-0.15, -0.1) is 0 Å². The molecule has 0 heterocycles. The summed E-state index contributed by atoms with van der Waals surface area (Å²) in [4.78, 5) is 11.5. The molecule has 1 saturated carbocycles. The number of nitrogens with one attached hydrogen (secondary N) is 1. The van der Waals surface area contributed by atoms with Crippen molar-refractivity contribution >= 4 is 5.78 Å². The van der Waals surface area contributed by atoms with Crippen LogP contribution in [0.25, 0.3) is 0 Å². The molecule has 0 aromatic carbocycles. The molecular formula is C12H23NO. The first-order valence-electron chi connectivity index (χ1n) is 5.52. The van der Waals surface area contributed by atoms with Gasteiger partial charge in [-0.1, -0.05) is 6.92 Å². The first kappa shape index (κ1) is 11.7. The number of hydrogen-bond donors (Lipinski definition) is 1. The Bertz CT molecular complexity index is 234. The maximum Gasteiger partial charge on any atom is 0.135 e. The van der Waals surface area contributed by atoms with E-state index >= 15 is 0 Å². The molecule has 0 aliphatic heterocycles. The van der Waals surface area contributed by atoms with Gasteiger partial charge in [-0.3, -0.25) is 4.79 Å². The Morgan fingerprint density at radius 1 is 1.50 bits per heavy atom. The van der Waals surface area contributed by atoms with Crippen LogP contribution in [-0.2, 0) is 4.79 Å². The van der Waals surface area contributed by atoms with Gasteiger partial charge in [0.05, 0.1) is 0 Å². The molecule has 1 rings (SSSR count). The second kappa shape index (κ2) is 3.65. The molecule has 0 aromatic rings. The van der Waals surface area contributed by atoms with E-state index in [2.05, 4.69) is 26.1 Å². The number of carbonyl (C=O) groups is 1. The van der Waals surface area contributed by atoms with Crippen LogP contribution in [0.5, 0.6) is 0 Å². The zero-order chi connectivity index (χ0) is 11.0. The molecule has 0 aromatic heterocycles. The molecule has 0 radical (unpaired) electrons. The minimum Gasteiger partial charge on any atom is -0.315 e.